The van der Waals surface area contributed by atoms with Gasteiger partial charge in [-0.1, -0.05) is 12.1 Å². The number of hydrogen-bond donors (Lipinski definition) is 2. The van der Waals surface area contributed by atoms with Gasteiger partial charge in [0.1, 0.15) is 29.9 Å². The molecule has 2 rings (SSSR count). The maximum Gasteiger partial charge on any atom is 0.143 e. The maximum absolute atomic E-state index is 10.2. The highest BCUT2D eigenvalue weighted by molar-refractivity contribution is 5.31. The van der Waals surface area contributed by atoms with Crippen molar-refractivity contribution in [2.75, 3.05) is 13.7 Å². The highest BCUT2D eigenvalue weighted by Gasteiger charge is 2.11. The molecule has 0 amide bonds. The average molecular weight is 289 g/mol. The highest BCUT2D eigenvalue weighted by Crippen LogP contribution is 2.22. The van der Waals surface area contributed by atoms with Gasteiger partial charge in [-0.05, 0) is 36.8 Å². The fourth-order valence-electron chi connectivity index (χ4n) is 1.96. The van der Waals surface area contributed by atoms with Crippen LogP contribution in [0.25, 0.3) is 0 Å². The third-order valence-electron chi connectivity index (χ3n) is 3.10. The molecule has 2 aromatic rings. The maximum atomic E-state index is 10.2. The first kappa shape index (κ1) is 15.3. The summed E-state index contributed by atoms with van der Waals surface area (Å²) in [6.45, 7) is 1.71. The topological polar surface area (TPSA) is 71.8 Å². The summed E-state index contributed by atoms with van der Waals surface area (Å²) in [5, 5.41) is 19.4. The van der Waals surface area contributed by atoms with Crippen LogP contribution in [0.1, 0.15) is 23.1 Å². The number of benzene rings is 1. The van der Waals surface area contributed by atoms with Crippen molar-refractivity contribution >= 4 is 0 Å². The molecule has 5 nitrogen and oxygen atoms in total. The summed E-state index contributed by atoms with van der Waals surface area (Å²) >= 11 is 0. The number of methoxy groups -OCH3 is 1. The van der Waals surface area contributed by atoms with Gasteiger partial charge in [0.05, 0.1) is 13.7 Å². The lowest BCUT2D eigenvalue weighted by molar-refractivity contribution is 0.106. The average Bonchev–Trinajstić information content (AvgIpc) is 2.53. The van der Waals surface area contributed by atoms with E-state index in [9.17, 15) is 10.2 Å². The Morgan fingerprint density at radius 3 is 2.76 bits per heavy atom. The number of aryl methyl sites for hydroxylation is 1. The minimum absolute atomic E-state index is 0.0743. The second-order valence-corrected chi connectivity index (χ2v) is 4.66. The van der Waals surface area contributed by atoms with Crippen molar-refractivity contribution in [2.45, 2.75) is 19.6 Å². The Morgan fingerprint density at radius 1 is 1.24 bits per heavy atom. The predicted molar refractivity (Wildman–Crippen MR) is 78.3 cm³/mol. The third-order valence-corrected chi connectivity index (χ3v) is 3.10. The Bertz CT molecular complexity index is 601. The number of ether oxygens (including phenoxy) is 2. The minimum Gasteiger partial charge on any atom is -0.497 e. The Balaban J connectivity index is 2.05. The number of hydrogen-bond acceptors (Lipinski definition) is 5. The van der Waals surface area contributed by atoms with Gasteiger partial charge in [-0.15, -0.1) is 0 Å². The summed E-state index contributed by atoms with van der Waals surface area (Å²) in [7, 11) is 1.58. The lowest BCUT2D eigenvalue weighted by Crippen LogP contribution is -2.11. The molecule has 0 radical (unpaired) electrons. The smallest absolute Gasteiger partial charge is 0.143 e. The van der Waals surface area contributed by atoms with E-state index in [-0.39, 0.29) is 13.2 Å². The number of aliphatic hydroxyl groups is 2. The lowest BCUT2D eigenvalue weighted by Gasteiger charge is -2.15. The van der Waals surface area contributed by atoms with E-state index >= 15 is 0 Å². The van der Waals surface area contributed by atoms with E-state index < -0.39 is 6.10 Å². The molecule has 21 heavy (non-hydrogen) atoms. The summed E-state index contributed by atoms with van der Waals surface area (Å²) < 4.78 is 10.7. The molecular formula is C16H19NO4. The van der Waals surface area contributed by atoms with Crippen LogP contribution in [-0.2, 0) is 6.61 Å². The Labute approximate surface area is 123 Å². The van der Waals surface area contributed by atoms with Crippen LogP contribution < -0.4 is 9.47 Å². The predicted octanol–water partition coefficient (Wildman–Crippen LogP) is 2.00. The van der Waals surface area contributed by atoms with Gasteiger partial charge in [0.25, 0.3) is 0 Å². The zero-order valence-corrected chi connectivity index (χ0v) is 12.1. The number of pyridine rings is 1. The summed E-state index contributed by atoms with van der Waals surface area (Å²) in [5.74, 6) is 1.16. The first-order chi connectivity index (χ1) is 10.1. The summed E-state index contributed by atoms with van der Waals surface area (Å²) in [6.07, 6.45) is -0.784. The molecule has 0 saturated carbocycles. The van der Waals surface area contributed by atoms with Crippen LogP contribution in [-0.4, -0.2) is 28.9 Å². The molecule has 0 fully saturated rings. The third kappa shape index (κ3) is 3.93. The first-order valence-corrected chi connectivity index (χ1v) is 6.66. The highest BCUT2D eigenvalue weighted by atomic mass is 16.5. The van der Waals surface area contributed by atoms with Gasteiger partial charge in [-0.25, -0.2) is 0 Å². The van der Waals surface area contributed by atoms with E-state index in [2.05, 4.69) is 4.98 Å². The van der Waals surface area contributed by atoms with Crippen molar-refractivity contribution in [1.29, 1.82) is 0 Å². The fourth-order valence-corrected chi connectivity index (χ4v) is 1.96. The van der Waals surface area contributed by atoms with E-state index in [1.54, 1.807) is 31.4 Å². The first-order valence-electron chi connectivity index (χ1n) is 6.66. The molecule has 0 saturated heterocycles. The number of rotatable bonds is 6. The monoisotopic (exact) mass is 289 g/mol. The molecule has 5 heteroatoms. The second kappa shape index (κ2) is 7.06. The van der Waals surface area contributed by atoms with Gasteiger partial charge in [0.2, 0.25) is 0 Å². The molecule has 0 aliphatic carbocycles. The molecule has 1 atom stereocenters. The van der Waals surface area contributed by atoms with Gasteiger partial charge in [0.15, 0.2) is 0 Å². The van der Waals surface area contributed by atoms with Crippen molar-refractivity contribution in [1.82, 2.24) is 4.98 Å². The number of nitrogens with zero attached hydrogens (tertiary/aromatic N) is 1. The minimum atomic E-state index is -0.784. The van der Waals surface area contributed by atoms with E-state index in [0.717, 1.165) is 5.69 Å². The van der Waals surface area contributed by atoms with Crippen LogP contribution in [0.3, 0.4) is 0 Å². The van der Waals surface area contributed by atoms with Crippen LogP contribution in [0.2, 0.25) is 0 Å². The Hall–Kier alpha value is -2.11. The van der Waals surface area contributed by atoms with Crippen molar-refractivity contribution < 1.29 is 19.7 Å². The van der Waals surface area contributed by atoms with Crippen LogP contribution >= 0.6 is 0 Å². The van der Waals surface area contributed by atoms with Crippen molar-refractivity contribution in [3.63, 3.8) is 0 Å². The Morgan fingerprint density at radius 2 is 2.05 bits per heavy atom. The van der Waals surface area contributed by atoms with Gasteiger partial charge in [0, 0.05) is 5.69 Å². The summed E-state index contributed by atoms with van der Waals surface area (Å²) in [6, 6.07) is 10.7. The van der Waals surface area contributed by atoms with Crippen molar-refractivity contribution in [2.24, 2.45) is 0 Å². The fraction of sp³-hybridized carbons (Fsp3) is 0.312. The molecule has 1 heterocycles. The van der Waals surface area contributed by atoms with E-state index in [4.69, 9.17) is 9.47 Å². The quantitative estimate of drug-likeness (QED) is 0.851. The SMILES string of the molecule is COc1cccc(C(O)COc2ccc(C)nc2CO)c1. The molecule has 0 spiro atoms. The van der Waals surface area contributed by atoms with Gasteiger partial charge in [-0.3, -0.25) is 4.98 Å². The molecule has 2 N–H and O–H groups in total. The van der Waals surface area contributed by atoms with Crippen molar-refractivity contribution in [3.05, 3.63) is 53.3 Å². The molecule has 0 aliphatic rings. The van der Waals surface area contributed by atoms with Gasteiger partial charge in [-0.2, -0.15) is 0 Å². The van der Waals surface area contributed by atoms with Crippen LogP contribution in [0.4, 0.5) is 0 Å². The van der Waals surface area contributed by atoms with E-state index in [1.807, 2.05) is 19.1 Å². The van der Waals surface area contributed by atoms with Crippen LogP contribution in [0.5, 0.6) is 11.5 Å². The van der Waals surface area contributed by atoms with Gasteiger partial charge >= 0.3 is 0 Å². The number of aliphatic hydroxyl groups excluding tert-OH is 2. The van der Waals surface area contributed by atoms with E-state index in [0.29, 0.717) is 22.8 Å². The zero-order chi connectivity index (χ0) is 15.2. The molecular weight excluding hydrogens is 270 g/mol. The molecule has 0 aliphatic heterocycles. The molecule has 1 aromatic carbocycles. The molecule has 112 valence electrons. The molecule has 1 unspecified atom stereocenters. The van der Waals surface area contributed by atoms with Crippen molar-refractivity contribution in [3.8, 4) is 11.5 Å². The van der Waals surface area contributed by atoms with Gasteiger partial charge < -0.3 is 19.7 Å². The molecule has 0 bridgehead atoms. The van der Waals surface area contributed by atoms with E-state index in [1.165, 1.54) is 0 Å². The lowest BCUT2D eigenvalue weighted by atomic mass is 10.1. The number of aromatic nitrogens is 1. The Kier molecular flexibility index (Phi) is 5.14. The normalized spacial score (nSPS) is 12.0. The zero-order valence-electron chi connectivity index (χ0n) is 12.1. The van der Waals surface area contributed by atoms with Crippen LogP contribution in [0.15, 0.2) is 36.4 Å². The second-order valence-electron chi connectivity index (χ2n) is 4.66. The van der Waals surface area contributed by atoms with Crippen LogP contribution in [0, 0.1) is 6.92 Å². The molecule has 1 aromatic heterocycles. The summed E-state index contributed by atoms with van der Waals surface area (Å²) in [5.41, 5.74) is 1.98. The standard InChI is InChI=1S/C16H19NO4/c1-11-6-7-16(14(9-18)17-11)21-10-15(19)12-4-3-5-13(8-12)20-2/h3-8,15,18-19H,9-10H2,1-2H3. The summed E-state index contributed by atoms with van der Waals surface area (Å²) in [4.78, 5) is 4.19. The largest absolute Gasteiger partial charge is 0.497 e.